The summed E-state index contributed by atoms with van der Waals surface area (Å²) in [7, 11) is 1.65. The predicted octanol–water partition coefficient (Wildman–Crippen LogP) is 4.21. The number of hydrogen-bond acceptors (Lipinski definition) is 5. The quantitative estimate of drug-likeness (QED) is 0.452. The maximum absolute atomic E-state index is 13.2. The molecule has 1 N–H and O–H groups in total. The fraction of sp³-hybridized carbons (Fsp3) is 0.296. The van der Waals surface area contributed by atoms with Gasteiger partial charge in [-0.2, -0.15) is 5.10 Å². The minimum absolute atomic E-state index is 0.185. The summed E-state index contributed by atoms with van der Waals surface area (Å²) in [5.41, 5.74) is 5.41. The van der Waals surface area contributed by atoms with Gasteiger partial charge in [-0.25, -0.2) is 9.50 Å². The van der Waals surface area contributed by atoms with Gasteiger partial charge < -0.3 is 15.0 Å². The molecule has 0 atom stereocenters. The fourth-order valence-electron chi connectivity index (χ4n) is 4.65. The van der Waals surface area contributed by atoms with Gasteiger partial charge in [0.2, 0.25) is 0 Å². The Morgan fingerprint density at radius 2 is 1.79 bits per heavy atom. The van der Waals surface area contributed by atoms with Gasteiger partial charge >= 0.3 is 0 Å². The monoisotopic (exact) mass is 455 g/mol. The normalized spacial score (nSPS) is 13.9. The summed E-state index contributed by atoms with van der Waals surface area (Å²) in [6, 6.07) is 19.6. The molecule has 2 aromatic carbocycles. The van der Waals surface area contributed by atoms with Gasteiger partial charge in [-0.1, -0.05) is 42.5 Å². The van der Waals surface area contributed by atoms with E-state index in [4.69, 9.17) is 14.8 Å². The van der Waals surface area contributed by atoms with E-state index in [1.807, 2.05) is 66.0 Å². The summed E-state index contributed by atoms with van der Waals surface area (Å²) >= 11 is 0. The minimum Gasteiger partial charge on any atom is -0.496 e. The van der Waals surface area contributed by atoms with Crippen LogP contribution in [0.25, 0.3) is 28.0 Å². The van der Waals surface area contributed by atoms with Gasteiger partial charge in [0, 0.05) is 24.2 Å². The number of nitrogens with zero attached hydrogens (tertiary/aromatic N) is 4. The molecule has 174 valence electrons. The number of aromatic nitrogens is 3. The molecule has 7 heteroatoms. The molecule has 1 saturated heterocycles. The molecule has 1 fully saturated rings. The first-order valence-electron chi connectivity index (χ1n) is 11.8. The van der Waals surface area contributed by atoms with Gasteiger partial charge in [-0.15, -0.1) is 0 Å². The minimum atomic E-state index is -0.185. The zero-order valence-corrected chi connectivity index (χ0v) is 19.6. The average molecular weight is 456 g/mol. The van der Waals surface area contributed by atoms with Crippen LogP contribution in [0.5, 0.6) is 5.75 Å². The molecule has 5 rings (SSSR count). The second-order valence-electron chi connectivity index (χ2n) is 8.59. The van der Waals surface area contributed by atoms with Crippen molar-refractivity contribution in [3.63, 3.8) is 0 Å². The van der Waals surface area contributed by atoms with Gasteiger partial charge in [0.15, 0.2) is 5.65 Å². The second-order valence-corrected chi connectivity index (χ2v) is 8.59. The molecule has 0 bridgehead atoms. The molecule has 2 aromatic heterocycles. The van der Waals surface area contributed by atoms with E-state index in [-0.39, 0.29) is 5.91 Å². The molecular formula is C27H29N5O2. The van der Waals surface area contributed by atoms with E-state index < -0.39 is 0 Å². The SMILES string of the molecule is COc1ccccc1-c1cc(C(=O)NCCN2CCCC2)nc2c(-c3ccccc3)c(C)nn12. The van der Waals surface area contributed by atoms with Crippen LogP contribution in [0.2, 0.25) is 0 Å². The molecule has 1 aliphatic heterocycles. The highest BCUT2D eigenvalue weighted by atomic mass is 16.5. The number of aryl methyl sites for hydroxylation is 1. The third kappa shape index (κ3) is 4.26. The van der Waals surface area contributed by atoms with Crippen LogP contribution >= 0.6 is 0 Å². The first-order chi connectivity index (χ1) is 16.7. The van der Waals surface area contributed by atoms with Crippen molar-refractivity contribution < 1.29 is 9.53 Å². The maximum Gasteiger partial charge on any atom is 0.270 e. The van der Waals surface area contributed by atoms with Gasteiger partial charge in [0.25, 0.3) is 5.91 Å². The van der Waals surface area contributed by atoms with E-state index in [1.54, 1.807) is 13.2 Å². The molecule has 0 radical (unpaired) electrons. The molecular weight excluding hydrogens is 426 g/mol. The first kappa shape index (κ1) is 22.1. The lowest BCUT2D eigenvalue weighted by Crippen LogP contribution is -2.34. The van der Waals surface area contributed by atoms with Gasteiger partial charge in [-0.3, -0.25) is 4.79 Å². The number of ether oxygens (including phenoxy) is 1. The highest BCUT2D eigenvalue weighted by Crippen LogP contribution is 2.34. The predicted molar refractivity (Wildman–Crippen MR) is 133 cm³/mol. The largest absolute Gasteiger partial charge is 0.496 e. The number of hydrogen-bond donors (Lipinski definition) is 1. The highest BCUT2D eigenvalue weighted by Gasteiger charge is 2.21. The molecule has 7 nitrogen and oxygen atoms in total. The van der Waals surface area contributed by atoms with Crippen molar-refractivity contribution in [3.05, 3.63) is 72.1 Å². The van der Waals surface area contributed by atoms with Crippen LogP contribution in [0.4, 0.5) is 0 Å². The Morgan fingerprint density at radius 3 is 2.56 bits per heavy atom. The van der Waals surface area contributed by atoms with Crippen molar-refractivity contribution >= 4 is 11.6 Å². The van der Waals surface area contributed by atoms with Gasteiger partial charge in [-0.05, 0) is 56.6 Å². The van der Waals surface area contributed by atoms with Crippen molar-refractivity contribution in [2.24, 2.45) is 0 Å². The summed E-state index contributed by atoms with van der Waals surface area (Å²) < 4.78 is 7.44. The van der Waals surface area contributed by atoms with Crippen LogP contribution in [0.15, 0.2) is 60.7 Å². The molecule has 0 unspecified atom stereocenters. The van der Waals surface area contributed by atoms with Gasteiger partial charge in [0.1, 0.15) is 11.4 Å². The average Bonchev–Trinajstić information content (AvgIpc) is 3.50. The van der Waals surface area contributed by atoms with E-state index in [1.165, 1.54) is 12.8 Å². The molecule has 0 saturated carbocycles. The standard InChI is InChI=1S/C27H29N5O2/c1-19-25(20-10-4-3-5-11-20)26-29-22(27(33)28-14-17-31-15-8-9-16-31)18-23(32(26)30-19)21-12-6-7-13-24(21)34-2/h3-7,10-13,18H,8-9,14-17H2,1-2H3,(H,28,33). The maximum atomic E-state index is 13.2. The Labute approximate surface area is 199 Å². The van der Waals surface area contributed by atoms with Crippen molar-refractivity contribution in [3.8, 4) is 28.1 Å². The number of methoxy groups -OCH3 is 1. The zero-order valence-electron chi connectivity index (χ0n) is 19.6. The number of para-hydroxylation sites is 1. The van der Waals surface area contributed by atoms with Crippen molar-refractivity contribution in [1.82, 2.24) is 24.8 Å². The summed E-state index contributed by atoms with van der Waals surface area (Å²) in [4.78, 5) is 20.4. The van der Waals surface area contributed by atoms with Crippen LogP contribution < -0.4 is 10.1 Å². The first-order valence-corrected chi connectivity index (χ1v) is 11.8. The van der Waals surface area contributed by atoms with Crippen molar-refractivity contribution in [2.75, 3.05) is 33.3 Å². The van der Waals surface area contributed by atoms with E-state index >= 15 is 0 Å². The number of fused-ring (bicyclic) bond motifs is 1. The molecule has 1 amide bonds. The van der Waals surface area contributed by atoms with E-state index in [2.05, 4.69) is 10.2 Å². The highest BCUT2D eigenvalue weighted by molar-refractivity contribution is 5.95. The van der Waals surface area contributed by atoms with Crippen molar-refractivity contribution in [1.29, 1.82) is 0 Å². The topological polar surface area (TPSA) is 71.8 Å². The molecule has 34 heavy (non-hydrogen) atoms. The summed E-state index contributed by atoms with van der Waals surface area (Å²) in [5.74, 6) is 0.528. The number of likely N-dealkylation sites (tertiary alicyclic amines) is 1. The van der Waals surface area contributed by atoms with Crippen LogP contribution in [0.1, 0.15) is 29.0 Å². The Balaban J connectivity index is 1.60. The Kier molecular flexibility index (Phi) is 6.27. The van der Waals surface area contributed by atoms with E-state index in [0.29, 0.717) is 23.6 Å². The third-order valence-electron chi connectivity index (χ3n) is 6.35. The zero-order chi connectivity index (χ0) is 23.5. The summed E-state index contributed by atoms with van der Waals surface area (Å²) in [6.07, 6.45) is 2.47. The van der Waals surface area contributed by atoms with Gasteiger partial charge in [0.05, 0.1) is 18.5 Å². The van der Waals surface area contributed by atoms with Crippen LogP contribution in [0, 0.1) is 6.92 Å². The number of carbonyl (C=O) groups excluding carboxylic acids is 1. The molecule has 0 aliphatic carbocycles. The summed E-state index contributed by atoms with van der Waals surface area (Å²) in [6.45, 7) is 5.63. The lowest BCUT2D eigenvalue weighted by atomic mass is 10.1. The Morgan fingerprint density at radius 1 is 1.06 bits per heavy atom. The van der Waals surface area contributed by atoms with E-state index in [9.17, 15) is 4.79 Å². The second kappa shape index (κ2) is 9.65. The smallest absolute Gasteiger partial charge is 0.270 e. The Hall–Kier alpha value is -3.71. The third-order valence-corrected chi connectivity index (χ3v) is 6.35. The Bertz CT molecular complexity index is 1310. The lowest BCUT2D eigenvalue weighted by Gasteiger charge is -2.15. The van der Waals surface area contributed by atoms with E-state index in [0.717, 1.165) is 47.7 Å². The number of benzene rings is 2. The number of nitrogens with one attached hydrogen (secondary N) is 1. The number of carbonyl (C=O) groups is 1. The molecule has 4 aromatic rings. The van der Waals surface area contributed by atoms with Crippen LogP contribution in [-0.2, 0) is 0 Å². The fourth-order valence-corrected chi connectivity index (χ4v) is 4.65. The van der Waals surface area contributed by atoms with Crippen LogP contribution in [-0.4, -0.2) is 58.7 Å². The summed E-state index contributed by atoms with van der Waals surface area (Å²) in [5, 5.41) is 7.88. The van der Waals surface area contributed by atoms with Crippen molar-refractivity contribution in [2.45, 2.75) is 19.8 Å². The number of amides is 1. The molecule has 0 spiro atoms. The molecule has 3 heterocycles. The van der Waals surface area contributed by atoms with Crippen LogP contribution in [0.3, 0.4) is 0 Å². The number of rotatable bonds is 7. The lowest BCUT2D eigenvalue weighted by molar-refractivity contribution is 0.0945. The molecule has 1 aliphatic rings.